The lowest BCUT2D eigenvalue weighted by Crippen LogP contribution is -1.99. The van der Waals surface area contributed by atoms with Gasteiger partial charge in [-0.05, 0) is 24.1 Å². The first-order valence-corrected chi connectivity index (χ1v) is 5.92. The quantitative estimate of drug-likeness (QED) is 0.936. The second kappa shape index (κ2) is 4.70. The summed E-state index contributed by atoms with van der Waals surface area (Å²) in [6.45, 7) is 2.88. The van der Waals surface area contributed by atoms with Gasteiger partial charge in [-0.1, -0.05) is 28.1 Å². The molecule has 1 heterocycles. The van der Waals surface area contributed by atoms with Gasteiger partial charge in [0.2, 0.25) is 0 Å². The Morgan fingerprint density at radius 1 is 1.44 bits per heavy atom. The van der Waals surface area contributed by atoms with E-state index in [0.717, 1.165) is 16.7 Å². The second-order valence-electron chi connectivity index (χ2n) is 3.85. The molecule has 1 aromatic carbocycles. The maximum atomic E-state index is 4.11. The molecule has 0 aliphatic carbocycles. The number of aromatic nitrogens is 2. The molecule has 0 saturated carbocycles. The summed E-state index contributed by atoms with van der Waals surface area (Å²) in [6.07, 6.45) is 3.78. The van der Waals surface area contributed by atoms with Gasteiger partial charge in [0.05, 0.1) is 11.9 Å². The van der Waals surface area contributed by atoms with Gasteiger partial charge in [0.25, 0.3) is 0 Å². The predicted molar refractivity (Wildman–Crippen MR) is 69.4 cm³/mol. The van der Waals surface area contributed by atoms with Gasteiger partial charge in [0.15, 0.2) is 0 Å². The number of benzene rings is 1. The Morgan fingerprint density at radius 3 is 2.88 bits per heavy atom. The van der Waals surface area contributed by atoms with Crippen LogP contribution in [0, 0.1) is 6.92 Å². The predicted octanol–water partition coefficient (Wildman–Crippen LogP) is 3.10. The molecule has 84 valence electrons. The second-order valence-corrected chi connectivity index (χ2v) is 4.71. The van der Waals surface area contributed by atoms with Crippen molar-refractivity contribution in [3.05, 3.63) is 46.2 Å². The van der Waals surface area contributed by atoms with E-state index in [2.05, 4.69) is 51.5 Å². The summed E-state index contributed by atoms with van der Waals surface area (Å²) in [5.74, 6) is 0. The Hall–Kier alpha value is -1.29. The summed E-state index contributed by atoms with van der Waals surface area (Å²) >= 11 is 3.57. The molecule has 0 atom stereocenters. The van der Waals surface area contributed by atoms with Crippen LogP contribution in [0.25, 0.3) is 0 Å². The Kier molecular flexibility index (Phi) is 3.29. The van der Waals surface area contributed by atoms with Crippen molar-refractivity contribution in [2.24, 2.45) is 7.05 Å². The van der Waals surface area contributed by atoms with Crippen LogP contribution in [0.1, 0.15) is 11.1 Å². The van der Waals surface area contributed by atoms with E-state index in [4.69, 9.17) is 0 Å². The van der Waals surface area contributed by atoms with Gasteiger partial charge in [-0.3, -0.25) is 4.68 Å². The van der Waals surface area contributed by atoms with Crippen molar-refractivity contribution in [3.8, 4) is 0 Å². The maximum Gasteiger partial charge on any atom is 0.0729 e. The first-order valence-electron chi connectivity index (χ1n) is 5.13. The summed E-state index contributed by atoms with van der Waals surface area (Å²) in [4.78, 5) is 0. The van der Waals surface area contributed by atoms with Crippen molar-refractivity contribution < 1.29 is 0 Å². The molecule has 3 nitrogen and oxygen atoms in total. The van der Waals surface area contributed by atoms with E-state index in [-0.39, 0.29) is 0 Å². The first-order chi connectivity index (χ1) is 7.65. The molecule has 0 spiro atoms. The molecule has 2 aromatic rings. The number of hydrogen-bond donors (Lipinski definition) is 1. The zero-order valence-electron chi connectivity index (χ0n) is 9.37. The van der Waals surface area contributed by atoms with Crippen molar-refractivity contribution in [2.45, 2.75) is 13.5 Å². The lowest BCUT2D eigenvalue weighted by Gasteiger charge is -2.06. The molecule has 0 radical (unpaired) electrons. The zero-order chi connectivity index (χ0) is 11.5. The summed E-state index contributed by atoms with van der Waals surface area (Å²) < 4.78 is 2.93. The van der Waals surface area contributed by atoms with Gasteiger partial charge < -0.3 is 5.32 Å². The molecule has 0 fully saturated rings. The Morgan fingerprint density at radius 2 is 2.25 bits per heavy atom. The van der Waals surface area contributed by atoms with E-state index in [1.807, 2.05) is 19.4 Å². The summed E-state index contributed by atoms with van der Waals surface area (Å²) in [7, 11) is 1.91. The maximum absolute atomic E-state index is 4.11. The average molecular weight is 280 g/mol. The van der Waals surface area contributed by atoms with Gasteiger partial charge in [-0.15, -0.1) is 0 Å². The molecular weight excluding hydrogens is 266 g/mol. The number of halogens is 1. The fourth-order valence-corrected chi connectivity index (χ4v) is 2.14. The highest BCUT2D eigenvalue weighted by molar-refractivity contribution is 9.10. The standard InChI is InChI=1S/C12H14BrN3/c1-9-3-4-10(12(13)5-9)6-14-11-7-15-16(2)8-11/h3-5,7-8,14H,6H2,1-2H3. The minimum atomic E-state index is 0.798. The number of aryl methyl sites for hydroxylation is 2. The van der Waals surface area contributed by atoms with Gasteiger partial charge >= 0.3 is 0 Å². The molecule has 1 N–H and O–H groups in total. The van der Waals surface area contributed by atoms with Crippen molar-refractivity contribution in [1.29, 1.82) is 0 Å². The van der Waals surface area contributed by atoms with Crippen LogP contribution in [0.4, 0.5) is 5.69 Å². The van der Waals surface area contributed by atoms with Crippen molar-refractivity contribution in [1.82, 2.24) is 9.78 Å². The summed E-state index contributed by atoms with van der Waals surface area (Å²) in [5.41, 5.74) is 3.54. The highest BCUT2D eigenvalue weighted by Gasteiger charge is 2.00. The largest absolute Gasteiger partial charge is 0.378 e. The van der Waals surface area contributed by atoms with Gasteiger partial charge in [0.1, 0.15) is 0 Å². The monoisotopic (exact) mass is 279 g/mol. The van der Waals surface area contributed by atoms with E-state index in [1.165, 1.54) is 11.1 Å². The topological polar surface area (TPSA) is 29.9 Å². The number of nitrogens with one attached hydrogen (secondary N) is 1. The Balaban J connectivity index is 2.04. The van der Waals surface area contributed by atoms with E-state index in [0.29, 0.717) is 0 Å². The lowest BCUT2D eigenvalue weighted by atomic mass is 10.1. The van der Waals surface area contributed by atoms with E-state index in [9.17, 15) is 0 Å². The third-order valence-corrected chi connectivity index (χ3v) is 3.13. The molecule has 0 amide bonds. The zero-order valence-corrected chi connectivity index (χ0v) is 11.0. The highest BCUT2D eigenvalue weighted by atomic mass is 79.9. The fourth-order valence-electron chi connectivity index (χ4n) is 1.51. The molecule has 4 heteroatoms. The van der Waals surface area contributed by atoms with Crippen LogP contribution < -0.4 is 5.32 Å². The Bertz CT molecular complexity index is 491. The average Bonchev–Trinajstić information content (AvgIpc) is 2.63. The van der Waals surface area contributed by atoms with Gasteiger partial charge in [-0.25, -0.2) is 0 Å². The van der Waals surface area contributed by atoms with Crippen molar-refractivity contribution in [3.63, 3.8) is 0 Å². The first kappa shape index (κ1) is 11.2. The van der Waals surface area contributed by atoms with Gasteiger partial charge in [-0.2, -0.15) is 5.10 Å². The number of hydrogen-bond acceptors (Lipinski definition) is 2. The van der Waals surface area contributed by atoms with Crippen LogP contribution in [0.5, 0.6) is 0 Å². The molecule has 0 aliphatic rings. The third kappa shape index (κ3) is 2.64. The summed E-state index contributed by atoms with van der Waals surface area (Å²) in [6, 6.07) is 6.37. The Labute approximate surface area is 104 Å². The number of rotatable bonds is 3. The molecule has 0 unspecified atom stereocenters. The molecule has 1 aromatic heterocycles. The lowest BCUT2D eigenvalue weighted by molar-refractivity contribution is 0.768. The van der Waals surface area contributed by atoms with E-state index in [1.54, 1.807) is 4.68 Å². The van der Waals surface area contributed by atoms with Crippen LogP contribution in [0.3, 0.4) is 0 Å². The van der Waals surface area contributed by atoms with Crippen LogP contribution in [0.15, 0.2) is 35.1 Å². The minimum absolute atomic E-state index is 0.798. The molecule has 0 aliphatic heterocycles. The third-order valence-electron chi connectivity index (χ3n) is 2.40. The smallest absolute Gasteiger partial charge is 0.0729 e. The van der Waals surface area contributed by atoms with Gasteiger partial charge in [0, 0.05) is 24.3 Å². The molecule has 2 rings (SSSR count). The number of anilines is 1. The molecule has 0 bridgehead atoms. The van der Waals surface area contributed by atoms with E-state index < -0.39 is 0 Å². The fraction of sp³-hybridized carbons (Fsp3) is 0.250. The van der Waals surface area contributed by atoms with Crippen LogP contribution >= 0.6 is 15.9 Å². The number of nitrogens with zero attached hydrogens (tertiary/aromatic N) is 2. The minimum Gasteiger partial charge on any atom is -0.378 e. The normalized spacial score (nSPS) is 10.4. The SMILES string of the molecule is Cc1ccc(CNc2cnn(C)c2)c(Br)c1. The van der Waals surface area contributed by atoms with Crippen molar-refractivity contribution in [2.75, 3.05) is 5.32 Å². The molecular formula is C12H14BrN3. The van der Waals surface area contributed by atoms with E-state index >= 15 is 0 Å². The van der Waals surface area contributed by atoms with Crippen LogP contribution in [-0.2, 0) is 13.6 Å². The van der Waals surface area contributed by atoms with Crippen LogP contribution in [0.2, 0.25) is 0 Å². The molecule has 0 saturated heterocycles. The summed E-state index contributed by atoms with van der Waals surface area (Å²) in [5, 5.41) is 7.44. The highest BCUT2D eigenvalue weighted by Crippen LogP contribution is 2.19. The van der Waals surface area contributed by atoms with Crippen LogP contribution in [-0.4, -0.2) is 9.78 Å². The van der Waals surface area contributed by atoms with Crippen molar-refractivity contribution >= 4 is 21.6 Å². The molecule has 16 heavy (non-hydrogen) atoms.